The van der Waals surface area contributed by atoms with Crippen LogP contribution in [0.25, 0.3) is 0 Å². The Morgan fingerprint density at radius 2 is 2.19 bits per heavy atom. The lowest BCUT2D eigenvalue weighted by atomic mass is 10.1. The summed E-state index contributed by atoms with van der Waals surface area (Å²) in [5.41, 5.74) is 6.11. The summed E-state index contributed by atoms with van der Waals surface area (Å²) in [6.07, 6.45) is 2.03. The maximum absolute atomic E-state index is 13.6. The van der Waals surface area contributed by atoms with E-state index >= 15 is 0 Å². The summed E-state index contributed by atoms with van der Waals surface area (Å²) in [4.78, 5) is 0. The van der Waals surface area contributed by atoms with Crippen LogP contribution in [0.5, 0.6) is 0 Å². The van der Waals surface area contributed by atoms with Crippen LogP contribution in [-0.2, 0) is 0 Å². The van der Waals surface area contributed by atoms with Gasteiger partial charge in [-0.15, -0.1) is 0 Å². The van der Waals surface area contributed by atoms with Gasteiger partial charge in [0.1, 0.15) is 5.82 Å². The van der Waals surface area contributed by atoms with Gasteiger partial charge in [-0.05, 0) is 45.0 Å². The van der Waals surface area contributed by atoms with E-state index in [2.05, 4.69) is 21.2 Å². The predicted octanol–water partition coefficient (Wildman–Crippen LogP) is 2.98. The molecule has 0 amide bonds. The van der Waals surface area contributed by atoms with Crippen LogP contribution in [0.1, 0.15) is 31.4 Å². The van der Waals surface area contributed by atoms with Crippen molar-refractivity contribution in [3.8, 4) is 0 Å². The van der Waals surface area contributed by atoms with Gasteiger partial charge in [-0.3, -0.25) is 0 Å². The molecule has 90 valence electrons. The highest BCUT2D eigenvalue weighted by Gasteiger charge is 2.09. The Balaban J connectivity index is 2.49. The van der Waals surface area contributed by atoms with Crippen molar-refractivity contribution in [3.63, 3.8) is 0 Å². The van der Waals surface area contributed by atoms with Crippen LogP contribution in [-0.4, -0.2) is 13.1 Å². The van der Waals surface area contributed by atoms with Crippen molar-refractivity contribution >= 4 is 15.9 Å². The van der Waals surface area contributed by atoms with Gasteiger partial charge >= 0.3 is 0 Å². The molecule has 3 N–H and O–H groups in total. The van der Waals surface area contributed by atoms with Crippen molar-refractivity contribution in [2.24, 2.45) is 5.73 Å². The van der Waals surface area contributed by atoms with Gasteiger partial charge in [0, 0.05) is 16.1 Å². The van der Waals surface area contributed by atoms with Gasteiger partial charge in [0.15, 0.2) is 0 Å². The lowest BCUT2D eigenvalue weighted by molar-refractivity contribution is 0.516. The number of halogens is 2. The molecule has 0 bridgehead atoms. The van der Waals surface area contributed by atoms with Gasteiger partial charge < -0.3 is 11.1 Å². The lowest BCUT2D eigenvalue weighted by Crippen LogP contribution is -2.21. The Kier molecular flexibility index (Phi) is 5.95. The van der Waals surface area contributed by atoms with Gasteiger partial charge in [-0.25, -0.2) is 4.39 Å². The van der Waals surface area contributed by atoms with E-state index in [0.717, 1.165) is 23.9 Å². The number of hydrogen-bond acceptors (Lipinski definition) is 2. The van der Waals surface area contributed by atoms with Crippen molar-refractivity contribution in [2.75, 3.05) is 13.1 Å². The molecule has 0 saturated carbocycles. The second kappa shape index (κ2) is 6.99. The normalized spacial score (nSPS) is 12.8. The van der Waals surface area contributed by atoms with E-state index in [1.165, 1.54) is 6.07 Å². The maximum atomic E-state index is 13.6. The summed E-state index contributed by atoms with van der Waals surface area (Å²) in [5.74, 6) is -0.173. The van der Waals surface area contributed by atoms with Crippen LogP contribution in [0.2, 0.25) is 0 Å². The second-order valence-corrected chi connectivity index (χ2v) is 4.75. The topological polar surface area (TPSA) is 38.0 Å². The molecule has 0 spiro atoms. The van der Waals surface area contributed by atoms with E-state index in [4.69, 9.17) is 5.73 Å². The molecule has 0 aliphatic carbocycles. The summed E-state index contributed by atoms with van der Waals surface area (Å²) < 4.78 is 14.4. The molecule has 16 heavy (non-hydrogen) atoms. The number of benzene rings is 1. The second-order valence-electron chi connectivity index (χ2n) is 3.84. The summed E-state index contributed by atoms with van der Waals surface area (Å²) in [7, 11) is 0. The Morgan fingerprint density at radius 3 is 2.81 bits per heavy atom. The third kappa shape index (κ3) is 4.20. The molecule has 0 aliphatic heterocycles. The minimum absolute atomic E-state index is 0.0332. The van der Waals surface area contributed by atoms with Crippen molar-refractivity contribution in [3.05, 3.63) is 34.1 Å². The molecule has 1 rings (SSSR count). The Morgan fingerprint density at radius 1 is 1.44 bits per heavy atom. The van der Waals surface area contributed by atoms with Gasteiger partial charge in [0.05, 0.1) is 0 Å². The first kappa shape index (κ1) is 13.6. The number of nitrogens with two attached hydrogens (primary N) is 1. The van der Waals surface area contributed by atoms with E-state index in [1.54, 1.807) is 6.07 Å². The van der Waals surface area contributed by atoms with Crippen molar-refractivity contribution in [1.29, 1.82) is 0 Å². The van der Waals surface area contributed by atoms with E-state index in [0.29, 0.717) is 12.1 Å². The van der Waals surface area contributed by atoms with Crippen LogP contribution in [0.15, 0.2) is 22.7 Å². The smallest absolute Gasteiger partial charge is 0.129 e. The molecule has 1 aromatic rings. The zero-order valence-corrected chi connectivity index (χ0v) is 11.1. The molecule has 0 fully saturated rings. The van der Waals surface area contributed by atoms with Crippen molar-refractivity contribution in [2.45, 2.75) is 25.8 Å². The molecule has 4 heteroatoms. The molecule has 0 radical (unpaired) electrons. The van der Waals surface area contributed by atoms with Crippen LogP contribution < -0.4 is 11.1 Å². The van der Waals surface area contributed by atoms with E-state index in [9.17, 15) is 4.39 Å². The summed E-state index contributed by atoms with van der Waals surface area (Å²) in [6, 6.07) is 5.19. The first-order chi connectivity index (χ1) is 7.65. The van der Waals surface area contributed by atoms with Gasteiger partial charge in [0.25, 0.3) is 0 Å². The highest BCUT2D eigenvalue weighted by Crippen LogP contribution is 2.20. The highest BCUT2D eigenvalue weighted by molar-refractivity contribution is 9.10. The Hall–Kier alpha value is -0.450. The Labute approximate surface area is 105 Å². The zero-order valence-electron chi connectivity index (χ0n) is 9.47. The predicted molar refractivity (Wildman–Crippen MR) is 68.8 cm³/mol. The number of nitrogens with one attached hydrogen (secondary N) is 1. The number of hydrogen-bond donors (Lipinski definition) is 2. The molecule has 0 aliphatic rings. The first-order valence-electron chi connectivity index (χ1n) is 5.53. The van der Waals surface area contributed by atoms with Crippen molar-refractivity contribution < 1.29 is 4.39 Å². The fourth-order valence-corrected chi connectivity index (χ4v) is 1.88. The van der Waals surface area contributed by atoms with Crippen LogP contribution in [0.3, 0.4) is 0 Å². The molecular formula is C12H18BrFN2. The Bertz CT molecular complexity index is 331. The molecule has 1 atom stereocenters. The third-order valence-corrected chi connectivity index (χ3v) is 3.00. The minimum Gasteiger partial charge on any atom is -0.330 e. The standard InChI is InChI=1S/C12H18BrFN2/c1-9(16-7-3-2-6-15)11-5-4-10(13)8-12(11)14/h4-5,8-9,16H,2-3,6-7,15H2,1H3. The van der Waals surface area contributed by atoms with Gasteiger partial charge in [0.2, 0.25) is 0 Å². The van der Waals surface area contributed by atoms with Gasteiger partial charge in [-0.2, -0.15) is 0 Å². The quantitative estimate of drug-likeness (QED) is 0.790. The fraction of sp³-hybridized carbons (Fsp3) is 0.500. The molecular weight excluding hydrogens is 271 g/mol. The number of rotatable bonds is 6. The number of unbranched alkanes of at least 4 members (excludes halogenated alkanes) is 1. The van der Waals surface area contributed by atoms with Gasteiger partial charge in [-0.1, -0.05) is 22.0 Å². The summed E-state index contributed by atoms with van der Waals surface area (Å²) >= 11 is 3.24. The van der Waals surface area contributed by atoms with E-state index < -0.39 is 0 Å². The molecule has 1 aromatic carbocycles. The summed E-state index contributed by atoms with van der Waals surface area (Å²) in [5, 5.41) is 3.28. The lowest BCUT2D eigenvalue weighted by Gasteiger charge is -2.15. The SMILES string of the molecule is CC(NCCCCN)c1ccc(Br)cc1F. The zero-order chi connectivity index (χ0) is 12.0. The summed E-state index contributed by atoms with van der Waals surface area (Å²) in [6.45, 7) is 3.55. The third-order valence-electron chi connectivity index (χ3n) is 2.51. The average molecular weight is 289 g/mol. The molecule has 0 heterocycles. The average Bonchev–Trinajstić information content (AvgIpc) is 2.24. The maximum Gasteiger partial charge on any atom is 0.129 e. The fourth-order valence-electron chi connectivity index (χ4n) is 1.55. The van der Waals surface area contributed by atoms with Crippen LogP contribution in [0, 0.1) is 5.82 Å². The highest BCUT2D eigenvalue weighted by atomic mass is 79.9. The van der Waals surface area contributed by atoms with Crippen molar-refractivity contribution in [1.82, 2.24) is 5.32 Å². The largest absolute Gasteiger partial charge is 0.330 e. The molecule has 0 aromatic heterocycles. The monoisotopic (exact) mass is 288 g/mol. The van der Waals surface area contributed by atoms with E-state index in [1.807, 2.05) is 13.0 Å². The van der Waals surface area contributed by atoms with Crippen LogP contribution in [0.4, 0.5) is 4.39 Å². The van der Waals surface area contributed by atoms with E-state index in [-0.39, 0.29) is 11.9 Å². The van der Waals surface area contributed by atoms with Crippen LogP contribution >= 0.6 is 15.9 Å². The first-order valence-corrected chi connectivity index (χ1v) is 6.33. The molecule has 0 saturated heterocycles. The minimum atomic E-state index is -0.173. The molecule has 2 nitrogen and oxygen atoms in total. The molecule has 1 unspecified atom stereocenters.